The Balaban J connectivity index is 2.04. The molecule has 1 aliphatic carbocycles. The second-order valence-electron chi connectivity index (χ2n) is 5.83. The van der Waals surface area contributed by atoms with Crippen LogP contribution in [0, 0.1) is 0 Å². The van der Waals surface area contributed by atoms with Gasteiger partial charge in [-0.1, -0.05) is 24.4 Å². The van der Waals surface area contributed by atoms with Crippen LogP contribution in [0.5, 0.6) is 0 Å². The van der Waals surface area contributed by atoms with Gasteiger partial charge in [0, 0.05) is 0 Å². The van der Waals surface area contributed by atoms with Gasteiger partial charge in [0.1, 0.15) is 10.6 Å². The first-order valence-electron chi connectivity index (χ1n) is 7.25. The van der Waals surface area contributed by atoms with Crippen LogP contribution in [-0.4, -0.2) is 26.7 Å². The fraction of sp³-hybridized carbons (Fsp3) is 0.533. The van der Waals surface area contributed by atoms with Crippen molar-refractivity contribution in [2.24, 2.45) is 0 Å². The lowest BCUT2D eigenvalue weighted by Gasteiger charge is -2.25. The molecule has 0 amide bonds. The molecule has 1 saturated carbocycles. The van der Waals surface area contributed by atoms with Crippen molar-refractivity contribution in [1.29, 1.82) is 0 Å². The number of hydrogen-bond acceptors (Lipinski definition) is 4. The van der Waals surface area contributed by atoms with Crippen LogP contribution in [0.3, 0.4) is 0 Å². The van der Waals surface area contributed by atoms with Gasteiger partial charge in [0.2, 0.25) is 0 Å². The number of aromatic nitrogens is 3. The van der Waals surface area contributed by atoms with Gasteiger partial charge in [-0.15, -0.1) is 0 Å². The van der Waals surface area contributed by atoms with Gasteiger partial charge in [-0.2, -0.15) is 5.10 Å². The van der Waals surface area contributed by atoms with E-state index < -0.39 is 5.41 Å². The van der Waals surface area contributed by atoms with Crippen molar-refractivity contribution in [2.45, 2.75) is 51.0 Å². The van der Waals surface area contributed by atoms with E-state index in [-0.39, 0.29) is 12.1 Å². The van der Waals surface area contributed by atoms with E-state index in [4.69, 9.17) is 16.3 Å². The molecule has 0 radical (unpaired) electrons. The van der Waals surface area contributed by atoms with Crippen molar-refractivity contribution in [3.8, 4) is 0 Å². The summed E-state index contributed by atoms with van der Waals surface area (Å²) in [7, 11) is 0. The van der Waals surface area contributed by atoms with E-state index in [0.29, 0.717) is 10.8 Å². The molecule has 112 valence electrons. The number of imidazole rings is 1. The van der Waals surface area contributed by atoms with Crippen LogP contribution in [0.4, 0.5) is 0 Å². The van der Waals surface area contributed by atoms with Gasteiger partial charge in [-0.3, -0.25) is 4.79 Å². The smallest absolute Gasteiger partial charge is 0.318 e. The first kappa shape index (κ1) is 14.3. The summed E-state index contributed by atoms with van der Waals surface area (Å²) >= 11 is 5.90. The number of ether oxygens (including phenoxy) is 1. The minimum atomic E-state index is -0.634. The Morgan fingerprint density at radius 2 is 2.10 bits per heavy atom. The van der Waals surface area contributed by atoms with Gasteiger partial charge in [0.15, 0.2) is 5.65 Å². The molecule has 6 heteroatoms. The Hall–Kier alpha value is -1.62. The monoisotopic (exact) mass is 307 g/mol. The summed E-state index contributed by atoms with van der Waals surface area (Å²) in [6.45, 7) is 3.73. The topological polar surface area (TPSA) is 56.5 Å². The summed E-state index contributed by atoms with van der Waals surface area (Å²) in [5.74, 6) is -0.176. The number of carbonyl (C=O) groups is 1. The molecule has 2 heterocycles. The minimum Gasteiger partial charge on any atom is -0.462 e. The van der Waals surface area contributed by atoms with Crippen molar-refractivity contribution < 1.29 is 9.53 Å². The summed E-state index contributed by atoms with van der Waals surface area (Å²) in [4.78, 5) is 17.2. The van der Waals surface area contributed by atoms with Crippen LogP contribution in [0.1, 0.15) is 45.2 Å². The molecule has 2 aromatic rings. The zero-order chi connectivity index (χ0) is 15.0. The SMILES string of the molecule is CC(C)OC(=O)C1(c2cn3nc(Cl)ccc3n2)CCCC1. The quantitative estimate of drug-likeness (QED) is 0.817. The van der Waals surface area contributed by atoms with Crippen molar-refractivity contribution >= 4 is 23.2 Å². The lowest BCUT2D eigenvalue weighted by molar-refractivity contribution is -0.154. The highest BCUT2D eigenvalue weighted by Gasteiger charge is 2.46. The fourth-order valence-corrected chi connectivity index (χ4v) is 3.10. The van der Waals surface area contributed by atoms with Crippen molar-refractivity contribution in [3.05, 3.63) is 29.2 Å². The van der Waals surface area contributed by atoms with E-state index in [1.54, 1.807) is 22.8 Å². The Bertz CT molecular complexity index is 675. The molecular formula is C15H18ClN3O2. The minimum absolute atomic E-state index is 0.125. The number of carbonyl (C=O) groups excluding carboxylic acids is 1. The van der Waals surface area contributed by atoms with E-state index in [2.05, 4.69) is 10.1 Å². The number of nitrogens with zero attached hydrogens (tertiary/aromatic N) is 3. The van der Waals surface area contributed by atoms with Crippen LogP contribution >= 0.6 is 11.6 Å². The lowest BCUT2D eigenvalue weighted by Crippen LogP contribution is -2.36. The molecule has 5 nitrogen and oxygen atoms in total. The van der Waals surface area contributed by atoms with E-state index in [0.717, 1.165) is 31.4 Å². The third-order valence-corrected chi connectivity index (χ3v) is 4.17. The van der Waals surface area contributed by atoms with Crippen molar-refractivity contribution in [1.82, 2.24) is 14.6 Å². The third-order valence-electron chi connectivity index (χ3n) is 3.97. The average molecular weight is 308 g/mol. The molecule has 0 bridgehead atoms. The molecule has 0 aromatic carbocycles. The number of rotatable bonds is 3. The normalized spacial score (nSPS) is 17.5. The first-order chi connectivity index (χ1) is 10.0. The van der Waals surface area contributed by atoms with Gasteiger partial charge in [-0.25, -0.2) is 9.50 Å². The molecule has 2 aromatic heterocycles. The molecule has 0 saturated heterocycles. The predicted molar refractivity (Wildman–Crippen MR) is 79.4 cm³/mol. The second-order valence-corrected chi connectivity index (χ2v) is 6.22. The van der Waals surface area contributed by atoms with E-state index in [9.17, 15) is 4.79 Å². The molecule has 1 fully saturated rings. The van der Waals surface area contributed by atoms with Gasteiger partial charge in [0.05, 0.1) is 18.0 Å². The van der Waals surface area contributed by atoms with Crippen molar-refractivity contribution in [3.63, 3.8) is 0 Å². The molecule has 0 atom stereocenters. The van der Waals surface area contributed by atoms with Crippen LogP contribution in [-0.2, 0) is 14.9 Å². The standard InChI is InChI=1S/C15H18ClN3O2/c1-10(2)21-14(20)15(7-3-4-8-15)11-9-19-13(17-11)6-5-12(16)18-19/h5-6,9-10H,3-4,7-8H2,1-2H3. The summed E-state index contributed by atoms with van der Waals surface area (Å²) in [6.07, 6.45) is 5.24. The summed E-state index contributed by atoms with van der Waals surface area (Å²) in [5, 5.41) is 4.59. The summed E-state index contributed by atoms with van der Waals surface area (Å²) in [5.41, 5.74) is 0.795. The fourth-order valence-electron chi connectivity index (χ4n) is 2.96. The highest BCUT2D eigenvalue weighted by atomic mass is 35.5. The van der Waals surface area contributed by atoms with Crippen LogP contribution in [0.2, 0.25) is 5.15 Å². The zero-order valence-electron chi connectivity index (χ0n) is 12.2. The molecule has 0 spiro atoms. The maximum absolute atomic E-state index is 12.6. The second kappa shape index (κ2) is 5.30. The van der Waals surface area contributed by atoms with E-state index >= 15 is 0 Å². The Morgan fingerprint density at radius 1 is 1.38 bits per heavy atom. The highest BCUT2D eigenvalue weighted by molar-refractivity contribution is 6.29. The number of hydrogen-bond donors (Lipinski definition) is 0. The number of fused-ring (bicyclic) bond motifs is 1. The highest BCUT2D eigenvalue weighted by Crippen LogP contribution is 2.42. The Morgan fingerprint density at radius 3 is 2.76 bits per heavy atom. The first-order valence-corrected chi connectivity index (χ1v) is 7.62. The van der Waals surface area contributed by atoms with E-state index in [1.165, 1.54) is 0 Å². The predicted octanol–water partition coefficient (Wildman–Crippen LogP) is 3.15. The molecule has 0 unspecified atom stereocenters. The molecule has 21 heavy (non-hydrogen) atoms. The maximum Gasteiger partial charge on any atom is 0.318 e. The zero-order valence-corrected chi connectivity index (χ0v) is 12.9. The van der Waals surface area contributed by atoms with Crippen molar-refractivity contribution in [2.75, 3.05) is 0 Å². The summed E-state index contributed by atoms with van der Waals surface area (Å²) in [6, 6.07) is 3.50. The van der Waals surface area contributed by atoms with Gasteiger partial charge >= 0.3 is 5.97 Å². The maximum atomic E-state index is 12.6. The number of halogens is 1. The Labute approximate surface area is 128 Å². The van der Waals surface area contributed by atoms with Crippen LogP contribution in [0.25, 0.3) is 5.65 Å². The lowest BCUT2D eigenvalue weighted by atomic mass is 9.83. The molecule has 0 aliphatic heterocycles. The van der Waals surface area contributed by atoms with Crippen LogP contribution < -0.4 is 0 Å². The van der Waals surface area contributed by atoms with E-state index in [1.807, 2.05) is 13.8 Å². The van der Waals surface area contributed by atoms with Gasteiger partial charge < -0.3 is 4.74 Å². The van der Waals surface area contributed by atoms with Crippen LogP contribution in [0.15, 0.2) is 18.3 Å². The molecule has 0 N–H and O–H groups in total. The summed E-state index contributed by atoms with van der Waals surface area (Å²) < 4.78 is 7.10. The molecule has 3 rings (SSSR count). The molecular weight excluding hydrogens is 290 g/mol. The van der Waals surface area contributed by atoms with Gasteiger partial charge in [0.25, 0.3) is 0 Å². The Kier molecular flexibility index (Phi) is 3.61. The molecule has 1 aliphatic rings. The number of esters is 1. The van der Waals surface area contributed by atoms with Gasteiger partial charge in [-0.05, 0) is 38.8 Å². The third kappa shape index (κ3) is 2.50. The largest absolute Gasteiger partial charge is 0.462 e. The average Bonchev–Trinajstić information content (AvgIpc) is 3.04.